The number of aryl methyl sites for hydroxylation is 1. The molecule has 0 aliphatic heterocycles. The van der Waals surface area contributed by atoms with Crippen LogP contribution < -0.4 is 5.32 Å². The zero-order valence-electron chi connectivity index (χ0n) is 17.7. The second kappa shape index (κ2) is 7.01. The lowest BCUT2D eigenvalue weighted by molar-refractivity contribution is -0.384. The molecule has 0 radical (unpaired) electrons. The summed E-state index contributed by atoms with van der Waals surface area (Å²) < 4.78 is 0. The molecule has 30 heavy (non-hydrogen) atoms. The highest BCUT2D eigenvalue weighted by atomic mass is 32.2. The van der Waals surface area contributed by atoms with Crippen LogP contribution in [0.4, 0.5) is 11.4 Å². The third kappa shape index (κ3) is 3.07. The van der Waals surface area contributed by atoms with E-state index in [1.54, 1.807) is 19.9 Å². The fraction of sp³-hybridized carbons (Fsp3) is 0.524. The van der Waals surface area contributed by atoms with Gasteiger partial charge in [0.15, 0.2) is 0 Å². The molecule has 1 heterocycles. The van der Waals surface area contributed by atoms with Crippen LogP contribution >= 0.6 is 11.8 Å². The summed E-state index contributed by atoms with van der Waals surface area (Å²) in [6.45, 7) is 10.4. The Labute approximate surface area is 179 Å². The summed E-state index contributed by atoms with van der Waals surface area (Å²) in [5, 5.41) is 22.6. The van der Waals surface area contributed by atoms with Crippen molar-refractivity contribution in [1.82, 2.24) is 15.2 Å². The van der Waals surface area contributed by atoms with Gasteiger partial charge in [0.1, 0.15) is 0 Å². The molecular weight excluding hydrogens is 402 g/mol. The number of nitrogens with zero attached hydrogens (tertiary/aromatic N) is 4. The quantitative estimate of drug-likeness (QED) is 0.428. The first-order valence-electron chi connectivity index (χ1n) is 10.0. The number of nitrogens with one attached hydrogen (secondary N) is 1. The number of hydrogen-bond acceptors (Lipinski definition) is 7. The maximum absolute atomic E-state index is 12.7. The Balaban J connectivity index is 1.51. The Morgan fingerprint density at radius 1 is 1.33 bits per heavy atom. The van der Waals surface area contributed by atoms with Crippen LogP contribution in [0.5, 0.6) is 0 Å². The second-order valence-electron chi connectivity index (χ2n) is 8.98. The SMILES string of the molecule is Cc1ccc([N+](=O)[O-])cc1NC(=O)[C@@H](C)Sc1nnc2c(n1)[C@]1(C)CC[C@H]2C1(C)C. The van der Waals surface area contributed by atoms with Gasteiger partial charge in [-0.05, 0) is 37.7 Å². The third-order valence-corrected chi connectivity index (χ3v) is 8.06. The number of nitro groups is 1. The van der Waals surface area contributed by atoms with Crippen LogP contribution in [0, 0.1) is 22.5 Å². The Morgan fingerprint density at radius 3 is 2.77 bits per heavy atom. The molecule has 1 amide bonds. The van der Waals surface area contributed by atoms with E-state index in [2.05, 4.69) is 36.3 Å². The molecule has 2 bridgehead atoms. The van der Waals surface area contributed by atoms with Gasteiger partial charge in [-0.2, -0.15) is 5.10 Å². The molecule has 0 unspecified atom stereocenters. The highest BCUT2D eigenvalue weighted by molar-refractivity contribution is 8.00. The van der Waals surface area contributed by atoms with Gasteiger partial charge in [0.25, 0.3) is 5.69 Å². The lowest BCUT2D eigenvalue weighted by Gasteiger charge is -2.34. The normalized spacial score (nSPS) is 24.4. The summed E-state index contributed by atoms with van der Waals surface area (Å²) in [4.78, 5) is 28.0. The van der Waals surface area contributed by atoms with Gasteiger partial charge in [-0.25, -0.2) is 4.98 Å². The Bertz CT molecular complexity index is 1060. The molecular formula is C21H25N5O3S. The van der Waals surface area contributed by atoms with Gasteiger partial charge in [0.2, 0.25) is 11.1 Å². The summed E-state index contributed by atoms with van der Waals surface area (Å²) in [5.41, 5.74) is 3.22. The van der Waals surface area contributed by atoms with E-state index in [1.807, 2.05) is 0 Å². The molecule has 8 nitrogen and oxygen atoms in total. The van der Waals surface area contributed by atoms with Crippen LogP contribution in [0.3, 0.4) is 0 Å². The third-order valence-electron chi connectivity index (χ3n) is 7.11. The maximum atomic E-state index is 12.7. The van der Waals surface area contributed by atoms with Crippen molar-refractivity contribution >= 4 is 29.0 Å². The number of non-ortho nitro benzene ring substituents is 1. The molecule has 0 spiro atoms. The minimum atomic E-state index is -0.483. The minimum absolute atomic E-state index is 0.0240. The van der Waals surface area contributed by atoms with E-state index in [0.717, 1.165) is 29.8 Å². The van der Waals surface area contributed by atoms with Crippen LogP contribution in [0.25, 0.3) is 0 Å². The molecule has 3 atom stereocenters. The number of benzene rings is 1. The van der Waals surface area contributed by atoms with Crippen molar-refractivity contribution in [2.45, 2.75) is 69.2 Å². The molecule has 2 aliphatic carbocycles. The van der Waals surface area contributed by atoms with Gasteiger partial charge in [0, 0.05) is 23.5 Å². The number of anilines is 1. The average molecular weight is 428 g/mol. The number of rotatable bonds is 5. The van der Waals surface area contributed by atoms with E-state index < -0.39 is 10.2 Å². The van der Waals surface area contributed by atoms with E-state index in [1.165, 1.54) is 23.9 Å². The standard InChI is InChI=1S/C21H25N5O3S/c1-11-6-7-13(26(28)29)10-15(11)22-18(27)12(2)30-19-23-17-16(24-25-19)14-8-9-21(17,5)20(14,3)4/h6-7,10,12,14H,8-9H2,1-5H3,(H,22,27)/t12-,14-,21+/m1/s1. The number of hydrogen-bond donors (Lipinski definition) is 1. The Hall–Kier alpha value is -2.55. The summed E-state index contributed by atoms with van der Waals surface area (Å²) >= 11 is 1.25. The van der Waals surface area contributed by atoms with Crippen molar-refractivity contribution in [3.05, 3.63) is 45.3 Å². The molecule has 0 saturated heterocycles. The van der Waals surface area contributed by atoms with Crippen LogP contribution in [0.1, 0.15) is 63.4 Å². The number of carbonyl (C=O) groups is 1. The largest absolute Gasteiger partial charge is 0.325 e. The van der Waals surface area contributed by atoms with E-state index in [4.69, 9.17) is 4.98 Å². The van der Waals surface area contributed by atoms with Crippen LogP contribution in [0.15, 0.2) is 23.4 Å². The van der Waals surface area contributed by atoms with Crippen molar-refractivity contribution in [2.75, 3.05) is 5.32 Å². The summed E-state index contributed by atoms with van der Waals surface area (Å²) in [6.07, 6.45) is 2.20. The van der Waals surface area contributed by atoms with Crippen molar-refractivity contribution in [2.24, 2.45) is 5.41 Å². The maximum Gasteiger partial charge on any atom is 0.271 e. The monoisotopic (exact) mass is 427 g/mol. The van der Waals surface area contributed by atoms with Gasteiger partial charge < -0.3 is 5.32 Å². The Kier molecular flexibility index (Phi) is 4.84. The average Bonchev–Trinajstić information content (AvgIpc) is 3.01. The van der Waals surface area contributed by atoms with E-state index in [-0.39, 0.29) is 22.4 Å². The molecule has 1 aromatic carbocycles. The Morgan fingerprint density at radius 2 is 2.07 bits per heavy atom. The van der Waals surface area contributed by atoms with E-state index in [0.29, 0.717) is 16.8 Å². The van der Waals surface area contributed by atoms with E-state index >= 15 is 0 Å². The highest BCUT2D eigenvalue weighted by Gasteiger charge is 2.61. The van der Waals surface area contributed by atoms with Crippen LogP contribution in [-0.4, -0.2) is 31.3 Å². The topological polar surface area (TPSA) is 111 Å². The highest BCUT2D eigenvalue weighted by Crippen LogP contribution is 2.66. The molecule has 4 rings (SSSR count). The molecule has 9 heteroatoms. The zero-order chi connectivity index (χ0) is 21.8. The van der Waals surface area contributed by atoms with Gasteiger partial charge in [-0.3, -0.25) is 14.9 Å². The fourth-order valence-electron chi connectivity index (χ4n) is 4.72. The smallest absolute Gasteiger partial charge is 0.271 e. The molecule has 2 aromatic rings. The summed E-state index contributed by atoms with van der Waals surface area (Å²) in [5.74, 6) is 0.120. The number of amides is 1. The number of aromatic nitrogens is 3. The van der Waals surface area contributed by atoms with Gasteiger partial charge in [0.05, 0.1) is 27.2 Å². The fourth-order valence-corrected chi connectivity index (χ4v) is 5.43. The van der Waals surface area contributed by atoms with Crippen molar-refractivity contribution in [3.8, 4) is 0 Å². The van der Waals surface area contributed by atoms with Crippen molar-refractivity contribution < 1.29 is 9.72 Å². The molecule has 2 aliphatic rings. The summed E-state index contributed by atoms with van der Waals surface area (Å²) in [7, 11) is 0. The van der Waals surface area contributed by atoms with Crippen molar-refractivity contribution in [3.63, 3.8) is 0 Å². The molecule has 1 saturated carbocycles. The summed E-state index contributed by atoms with van der Waals surface area (Å²) in [6, 6.07) is 4.41. The van der Waals surface area contributed by atoms with Crippen molar-refractivity contribution in [1.29, 1.82) is 0 Å². The predicted molar refractivity (Wildman–Crippen MR) is 115 cm³/mol. The van der Waals surface area contributed by atoms with Crippen LogP contribution in [-0.2, 0) is 10.2 Å². The van der Waals surface area contributed by atoms with E-state index in [9.17, 15) is 14.9 Å². The van der Waals surface area contributed by atoms with Gasteiger partial charge in [-0.15, -0.1) is 5.10 Å². The first kappa shape index (κ1) is 20.7. The van der Waals surface area contributed by atoms with Gasteiger partial charge in [-0.1, -0.05) is 38.6 Å². The second-order valence-corrected chi connectivity index (χ2v) is 10.3. The number of carbonyl (C=O) groups excluding carboxylic acids is 1. The minimum Gasteiger partial charge on any atom is -0.325 e. The first-order valence-corrected chi connectivity index (χ1v) is 10.9. The lowest BCUT2D eigenvalue weighted by atomic mass is 9.70. The zero-order valence-corrected chi connectivity index (χ0v) is 18.5. The number of thioether (sulfide) groups is 1. The number of fused-ring (bicyclic) bond motifs is 5. The first-order chi connectivity index (χ1) is 14.0. The van der Waals surface area contributed by atoms with Gasteiger partial charge >= 0.3 is 0 Å². The molecule has 1 fully saturated rings. The predicted octanol–water partition coefficient (Wildman–Crippen LogP) is 4.38. The molecule has 1 N–H and O–H groups in total. The lowest BCUT2D eigenvalue weighted by Crippen LogP contribution is -2.32. The number of nitro benzene ring substituents is 1. The molecule has 1 aromatic heterocycles. The van der Waals surface area contributed by atoms with Crippen LogP contribution in [0.2, 0.25) is 0 Å². The molecule has 158 valence electrons.